The number of aliphatic hydroxyl groups is 1. The van der Waals surface area contributed by atoms with Crippen LogP contribution in [0.5, 0.6) is 0 Å². The Morgan fingerprint density at radius 3 is 1.94 bits per heavy atom. The van der Waals surface area contributed by atoms with Gasteiger partial charge >= 0.3 is 12.1 Å². The second-order valence-electron chi connectivity index (χ2n) is 3.02. The fourth-order valence-corrected chi connectivity index (χ4v) is 1.23. The molecule has 7 heteroatoms. The van der Waals surface area contributed by atoms with Crippen LogP contribution in [0, 0.1) is 0 Å². The Labute approximate surface area is 93.1 Å². The molecule has 0 spiro atoms. The monoisotopic (exact) mass is 254 g/mol. The Hall–Kier alpha value is -1.27. The fourth-order valence-electron chi connectivity index (χ4n) is 1.10. The lowest BCUT2D eigenvalue weighted by Gasteiger charge is -2.26. The molecule has 0 saturated carbocycles. The maximum absolute atomic E-state index is 12.5. The number of rotatable bonds is 2. The van der Waals surface area contributed by atoms with E-state index in [2.05, 4.69) is 0 Å². The van der Waals surface area contributed by atoms with Crippen molar-refractivity contribution in [1.29, 1.82) is 0 Å². The van der Waals surface area contributed by atoms with Crippen LogP contribution in [-0.2, 0) is 10.4 Å². The molecule has 0 fully saturated rings. The van der Waals surface area contributed by atoms with Crippen LogP contribution in [0.3, 0.4) is 0 Å². The number of hydrogen-bond donors (Lipinski definition) is 2. The topological polar surface area (TPSA) is 57.5 Å². The highest BCUT2D eigenvalue weighted by molar-refractivity contribution is 6.30. The molecule has 0 heterocycles. The molecule has 0 saturated heterocycles. The van der Waals surface area contributed by atoms with Crippen LogP contribution in [0.1, 0.15) is 5.56 Å². The summed E-state index contributed by atoms with van der Waals surface area (Å²) < 4.78 is 37.4. The zero-order chi connectivity index (χ0) is 12.6. The van der Waals surface area contributed by atoms with Crippen LogP contribution >= 0.6 is 11.6 Å². The first-order valence-corrected chi connectivity index (χ1v) is 4.36. The second-order valence-corrected chi connectivity index (χ2v) is 3.46. The first-order valence-electron chi connectivity index (χ1n) is 3.98. The summed E-state index contributed by atoms with van der Waals surface area (Å²) in [6, 6.07) is 3.75. The van der Waals surface area contributed by atoms with E-state index >= 15 is 0 Å². The first kappa shape index (κ1) is 12.8. The Morgan fingerprint density at radius 1 is 1.19 bits per heavy atom. The first-order chi connectivity index (χ1) is 7.19. The number of carbonyl (C=O) groups is 1. The Bertz CT molecular complexity index is 401. The van der Waals surface area contributed by atoms with E-state index in [0.717, 1.165) is 24.3 Å². The lowest BCUT2D eigenvalue weighted by molar-refractivity contribution is -0.265. The van der Waals surface area contributed by atoms with Crippen LogP contribution in [0.2, 0.25) is 5.02 Å². The van der Waals surface area contributed by atoms with Gasteiger partial charge in [0.15, 0.2) is 0 Å². The predicted molar refractivity (Wildman–Crippen MR) is 49.0 cm³/mol. The van der Waals surface area contributed by atoms with Crippen LogP contribution < -0.4 is 0 Å². The zero-order valence-corrected chi connectivity index (χ0v) is 8.38. The van der Waals surface area contributed by atoms with Crippen molar-refractivity contribution >= 4 is 17.6 Å². The van der Waals surface area contributed by atoms with Crippen molar-refractivity contribution < 1.29 is 28.2 Å². The Morgan fingerprint density at radius 2 is 1.62 bits per heavy atom. The fraction of sp³-hybridized carbons (Fsp3) is 0.222. The van der Waals surface area contributed by atoms with Crippen molar-refractivity contribution in [2.75, 3.05) is 0 Å². The average Bonchev–Trinajstić information content (AvgIpc) is 2.15. The number of carboxylic acids is 1. The normalized spacial score (nSPS) is 15.6. The molecule has 1 aromatic carbocycles. The van der Waals surface area contributed by atoms with Gasteiger partial charge in [-0.1, -0.05) is 23.7 Å². The molecule has 0 aliphatic rings. The molecule has 1 aromatic rings. The van der Waals surface area contributed by atoms with Crippen molar-refractivity contribution in [3.8, 4) is 0 Å². The van der Waals surface area contributed by atoms with Gasteiger partial charge in [-0.05, 0) is 12.1 Å². The summed E-state index contributed by atoms with van der Waals surface area (Å²) in [6.45, 7) is 0. The molecule has 0 amide bonds. The van der Waals surface area contributed by atoms with E-state index < -0.39 is 23.3 Å². The highest BCUT2D eigenvalue weighted by atomic mass is 35.5. The van der Waals surface area contributed by atoms with Crippen molar-refractivity contribution in [3.05, 3.63) is 34.9 Å². The van der Waals surface area contributed by atoms with Crippen molar-refractivity contribution in [2.45, 2.75) is 11.8 Å². The molecule has 0 aromatic heterocycles. The van der Waals surface area contributed by atoms with Crippen LogP contribution in [0.15, 0.2) is 24.3 Å². The minimum Gasteiger partial charge on any atom is -0.479 e. The van der Waals surface area contributed by atoms with Crippen molar-refractivity contribution in [3.63, 3.8) is 0 Å². The van der Waals surface area contributed by atoms with E-state index in [-0.39, 0.29) is 5.02 Å². The van der Waals surface area contributed by atoms with E-state index in [1.54, 1.807) is 0 Å². The Kier molecular flexibility index (Phi) is 3.16. The highest BCUT2D eigenvalue weighted by Crippen LogP contribution is 2.39. The maximum Gasteiger partial charge on any atom is 0.432 e. The van der Waals surface area contributed by atoms with Gasteiger partial charge in [0.2, 0.25) is 0 Å². The molecule has 0 aliphatic heterocycles. The van der Waals surface area contributed by atoms with Crippen molar-refractivity contribution in [1.82, 2.24) is 0 Å². The highest BCUT2D eigenvalue weighted by Gasteiger charge is 2.61. The molecule has 1 rings (SSSR count). The van der Waals surface area contributed by atoms with E-state index in [1.807, 2.05) is 0 Å². The van der Waals surface area contributed by atoms with Gasteiger partial charge in [0, 0.05) is 10.6 Å². The predicted octanol–water partition coefficient (Wildman–Crippen LogP) is 2.17. The third-order valence-electron chi connectivity index (χ3n) is 1.98. The minimum atomic E-state index is -5.31. The van der Waals surface area contributed by atoms with Gasteiger partial charge in [0.05, 0.1) is 0 Å². The number of carboxylic acid groups (broad SMARTS) is 1. The molecule has 16 heavy (non-hydrogen) atoms. The van der Waals surface area contributed by atoms with Crippen molar-refractivity contribution in [2.24, 2.45) is 0 Å². The summed E-state index contributed by atoms with van der Waals surface area (Å²) in [5.41, 5.74) is -4.71. The van der Waals surface area contributed by atoms with E-state index in [0.29, 0.717) is 0 Å². The quantitative estimate of drug-likeness (QED) is 0.850. The Balaban J connectivity index is 3.34. The van der Waals surface area contributed by atoms with Gasteiger partial charge in [-0.2, -0.15) is 13.2 Å². The van der Waals surface area contributed by atoms with Crippen LogP contribution in [-0.4, -0.2) is 22.4 Å². The maximum atomic E-state index is 12.5. The van der Waals surface area contributed by atoms with Gasteiger partial charge in [0.1, 0.15) is 0 Å². The zero-order valence-electron chi connectivity index (χ0n) is 7.62. The number of hydrogen-bond acceptors (Lipinski definition) is 2. The smallest absolute Gasteiger partial charge is 0.432 e. The molecular formula is C9H6ClF3O3. The van der Waals surface area contributed by atoms with Crippen LogP contribution in [0.4, 0.5) is 13.2 Å². The second kappa shape index (κ2) is 3.95. The summed E-state index contributed by atoms with van der Waals surface area (Å²) in [5.74, 6) is -2.39. The number of aliphatic carboxylic acids is 1. The molecule has 3 nitrogen and oxygen atoms in total. The summed E-state index contributed by atoms with van der Waals surface area (Å²) in [4.78, 5) is 10.6. The van der Waals surface area contributed by atoms with Gasteiger partial charge in [-0.25, -0.2) is 4.79 Å². The molecule has 2 N–H and O–H groups in total. The number of benzene rings is 1. The average molecular weight is 255 g/mol. The summed E-state index contributed by atoms with van der Waals surface area (Å²) in [6.07, 6.45) is -5.31. The summed E-state index contributed by atoms with van der Waals surface area (Å²) >= 11 is 5.45. The lowest BCUT2D eigenvalue weighted by Crippen LogP contribution is -2.49. The van der Waals surface area contributed by atoms with E-state index in [1.165, 1.54) is 0 Å². The molecular weight excluding hydrogens is 249 g/mol. The van der Waals surface area contributed by atoms with Gasteiger partial charge in [-0.15, -0.1) is 0 Å². The largest absolute Gasteiger partial charge is 0.479 e. The number of halogens is 4. The SMILES string of the molecule is O=C(O)C(O)(c1ccc(Cl)cc1)C(F)(F)F. The van der Waals surface area contributed by atoms with Gasteiger partial charge in [0.25, 0.3) is 5.60 Å². The van der Waals surface area contributed by atoms with Gasteiger partial charge < -0.3 is 10.2 Å². The van der Waals surface area contributed by atoms with Crippen LogP contribution in [0.25, 0.3) is 0 Å². The molecule has 0 radical (unpaired) electrons. The van der Waals surface area contributed by atoms with Gasteiger partial charge in [-0.3, -0.25) is 0 Å². The standard InChI is InChI=1S/C9H6ClF3O3/c10-6-3-1-5(2-4-6)8(16,7(14)15)9(11,12)13/h1-4,16H,(H,14,15). The molecule has 88 valence electrons. The lowest BCUT2D eigenvalue weighted by atomic mass is 9.93. The van der Waals surface area contributed by atoms with E-state index in [9.17, 15) is 23.1 Å². The summed E-state index contributed by atoms with van der Waals surface area (Å²) in [5, 5.41) is 17.8. The molecule has 0 aliphatic carbocycles. The molecule has 1 atom stereocenters. The molecule has 0 bridgehead atoms. The minimum absolute atomic E-state index is 0.138. The van der Waals surface area contributed by atoms with E-state index in [4.69, 9.17) is 16.7 Å². The third kappa shape index (κ3) is 1.98. The molecule has 1 unspecified atom stereocenters. The number of alkyl halides is 3. The summed E-state index contributed by atoms with van der Waals surface area (Å²) in [7, 11) is 0. The third-order valence-corrected chi connectivity index (χ3v) is 2.23.